The van der Waals surface area contributed by atoms with Gasteiger partial charge < -0.3 is 14.5 Å². The van der Waals surface area contributed by atoms with E-state index in [0.717, 1.165) is 11.3 Å². The van der Waals surface area contributed by atoms with Crippen molar-refractivity contribution in [3.05, 3.63) is 66.1 Å². The molecular weight excluding hydrogens is 326 g/mol. The van der Waals surface area contributed by atoms with Crippen LogP contribution >= 0.6 is 0 Å². The second-order valence-electron chi connectivity index (χ2n) is 7.36. The lowest BCUT2D eigenvalue weighted by molar-refractivity contribution is -0.123. The SMILES string of the molecule is CC(C)(C)c1ccc(OCC(=O)NCCc2cn3ccccc3n2)cc1. The molecule has 5 nitrogen and oxygen atoms in total. The molecule has 136 valence electrons. The van der Waals surface area contributed by atoms with Crippen molar-refractivity contribution in [1.29, 1.82) is 0 Å². The van der Waals surface area contributed by atoms with Crippen LogP contribution in [0.15, 0.2) is 54.9 Å². The van der Waals surface area contributed by atoms with Crippen LogP contribution in [0.5, 0.6) is 5.75 Å². The highest BCUT2D eigenvalue weighted by Crippen LogP contribution is 2.24. The van der Waals surface area contributed by atoms with Gasteiger partial charge in [0.15, 0.2) is 6.61 Å². The molecule has 2 aromatic heterocycles. The molecule has 1 N–H and O–H groups in total. The minimum Gasteiger partial charge on any atom is -0.484 e. The fourth-order valence-corrected chi connectivity index (χ4v) is 2.69. The number of aromatic nitrogens is 2. The van der Waals surface area contributed by atoms with E-state index in [9.17, 15) is 4.79 Å². The number of imidazole rings is 1. The Kier molecular flexibility index (Phi) is 5.26. The quantitative estimate of drug-likeness (QED) is 0.741. The van der Waals surface area contributed by atoms with Crippen molar-refractivity contribution in [2.45, 2.75) is 32.6 Å². The van der Waals surface area contributed by atoms with Crippen LogP contribution in [0.1, 0.15) is 32.0 Å². The van der Waals surface area contributed by atoms with E-state index in [1.807, 2.05) is 59.3 Å². The lowest BCUT2D eigenvalue weighted by Gasteiger charge is -2.19. The summed E-state index contributed by atoms with van der Waals surface area (Å²) in [5.41, 5.74) is 3.21. The highest BCUT2D eigenvalue weighted by atomic mass is 16.5. The lowest BCUT2D eigenvalue weighted by atomic mass is 9.87. The van der Waals surface area contributed by atoms with Crippen molar-refractivity contribution in [1.82, 2.24) is 14.7 Å². The van der Waals surface area contributed by atoms with Crippen molar-refractivity contribution in [2.75, 3.05) is 13.2 Å². The Morgan fingerprint density at radius 2 is 1.92 bits per heavy atom. The van der Waals surface area contributed by atoms with Gasteiger partial charge in [0.05, 0.1) is 5.69 Å². The van der Waals surface area contributed by atoms with Crippen molar-refractivity contribution < 1.29 is 9.53 Å². The molecule has 0 spiro atoms. The molecule has 1 amide bonds. The van der Waals surface area contributed by atoms with E-state index in [4.69, 9.17) is 4.74 Å². The Morgan fingerprint density at radius 3 is 2.62 bits per heavy atom. The van der Waals surface area contributed by atoms with Gasteiger partial charge in [-0.2, -0.15) is 0 Å². The molecule has 0 fully saturated rings. The zero-order chi connectivity index (χ0) is 18.6. The number of ether oxygens (including phenoxy) is 1. The summed E-state index contributed by atoms with van der Waals surface area (Å²) in [6.07, 6.45) is 4.63. The molecule has 0 saturated heterocycles. The monoisotopic (exact) mass is 351 g/mol. The number of pyridine rings is 1. The molecule has 1 aromatic carbocycles. The number of nitrogens with one attached hydrogen (secondary N) is 1. The van der Waals surface area contributed by atoms with E-state index < -0.39 is 0 Å². The minimum absolute atomic E-state index is 0.0139. The number of rotatable bonds is 6. The van der Waals surface area contributed by atoms with Gasteiger partial charge >= 0.3 is 0 Å². The lowest BCUT2D eigenvalue weighted by Crippen LogP contribution is -2.30. The molecular formula is C21H25N3O2. The topological polar surface area (TPSA) is 55.6 Å². The van der Waals surface area contributed by atoms with Crippen molar-refractivity contribution in [3.63, 3.8) is 0 Å². The second kappa shape index (κ2) is 7.60. The third kappa shape index (κ3) is 4.63. The Balaban J connectivity index is 1.42. The van der Waals surface area contributed by atoms with Gasteiger partial charge in [-0.05, 0) is 35.2 Å². The fraction of sp³-hybridized carbons (Fsp3) is 0.333. The van der Waals surface area contributed by atoms with Gasteiger partial charge in [0.25, 0.3) is 5.91 Å². The molecule has 26 heavy (non-hydrogen) atoms. The summed E-state index contributed by atoms with van der Waals surface area (Å²) in [4.78, 5) is 16.5. The smallest absolute Gasteiger partial charge is 0.257 e. The molecule has 2 heterocycles. The van der Waals surface area contributed by atoms with Crippen LogP contribution in [0.25, 0.3) is 5.65 Å². The van der Waals surface area contributed by atoms with Crippen LogP contribution in [0, 0.1) is 0 Å². The summed E-state index contributed by atoms with van der Waals surface area (Å²) >= 11 is 0. The number of carbonyl (C=O) groups excluding carboxylic acids is 1. The predicted octanol–water partition coefficient (Wildman–Crippen LogP) is 3.37. The first kappa shape index (κ1) is 18.0. The van der Waals surface area contributed by atoms with Crippen LogP contribution in [0.3, 0.4) is 0 Å². The Morgan fingerprint density at radius 1 is 1.15 bits per heavy atom. The predicted molar refractivity (Wildman–Crippen MR) is 103 cm³/mol. The molecule has 0 aliphatic rings. The van der Waals surface area contributed by atoms with E-state index >= 15 is 0 Å². The molecule has 0 unspecified atom stereocenters. The van der Waals surface area contributed by atoms with Crippen LogP contribution in [0.2, 0.25) is 0 Å². The average molecular weight is 351 g/mol. The normalized spacial score (nSPS) is 11.5. The van der Waals surface area contributed by atoms with Crippen LogP contribution in [-0.2, 0) is 16.6 Å². The molecule has 0 aliphatic heterocycles. The molecule has 0 radical (unpaired) electrons. The first-order chi connectivity index (χ1) is 12.4. The van der Waals surface area contributed by atoms with Gasteiger partial charge in [0.1, 0.15) is 11.4 Å². The van der Waals surface area contributed by atoms with Crippen LogP contribution in [0.4, 0.5) is 0 Å². The third-order valence-electron chi connectivity index (χ3n) is 4.21. The Bertz CT molecular complexity index is 843. The molecule has 0 atom stereocenters. The number of hydrogen-bond donors (Lipinski definition) is 1. The minimum atomic E-state index is -0.131. The van der Waals surface area contributed by atoms with Crippen molar-refractivity contribution in [2.24, 2.45) is 0 Å². The second-order valence-corrected chi connectivity index (χ2v) is 7.36. The summed E-state index contributed by atoms with van der Waals surface area (Å²) in [7, 11) is 0. The molecule has 3 rings (SSSR count). The average Bonchev–Trinajstić information content (AvgIpc) is 3.02. The van der Waals surface area contributed by atoms with Crippen LogP contribution < -0.4 is 10.1 Å². The van der Waals surface area contributed by atoms with Gasteiger partial charge in [0, 0.05) is 25.4 Å². The maximum atomic E-state index is 11.9. The number of hydrogen-bond acceptors (Lipinski definition) is 3. The van der Waals surface area contributed by atoms with Gasteiger partial charge in [-0.25, -0.2) is 4.98 Å². The number of carbonyl (C=O) groups is 1. The molecule has 0 bridgehead atoms. The zero-order valence-electron chi connectivity index (χ0n) is 15.5. The van der Waals surface area contributed by atoms with E-state index in [0.29, 0.717) is 18.7 Å². The highest BCUT2D eigenvalue weighted by molar-refractivity contribution is 5.77. The number of benzene rings is 1. The van der Waals surface area contributed by atoms with E-state index in [-0.39, 0.29) is 17.9 Å². The van der Waals surface area contributed by atoms with Gasteiger partial charge in [-0.15, -0.1) is 0 Å². The van der Waals surface area contributed by atoms with Gasteiger partial charge in [-0.1, -0.05) is 39.0 Å². The number of fused-ring (bicyclic) bond motifs is 1. The molecule has 5 heteroatoms. The van der Waals surface area contributed by atoms with Crippen LogP contribution in [-0.4, -0.2) is 28.4 Å². The molecule has 0 saturated carbocycles. The van der Waals surface area contributed by atoms with E-state index in [1.165, 1.54) is 5.56 Å². The first-order valence-corrected chi connectivity index (χ1v) is 8.84. The van der Waals surface area contributed by atoms with Crippen molar-refractivity contribution in [3.8, 4) is 5.75 Å². The summed E-state index contributed by atoms with van der Waals surface area (Å²) < 4.78 is 7.53. The number of amides is 1. The summed E-state index contributed by atoms with van der Waals surface area (Å²) in [6, 6.07) is 13.8. The summed E-state index contributed by atoms with van der Waals surface area (Å²) in [6.45, 7) is 7.05. The Labute approximate surface area is 154 Å². The molecule has 3 aromatic rings. The first-order valence-electron chi connectivity index (χ1n) is 8.84. The maximum absolute atomic E-state index is 11.9. The fourth-order valence-electron chi connectivity index (χ4n) is 2.69. The standard InChI is InChI=1S/C21H25N3O2/c1-21(2,3)16-7-9-18(10-8-16)26-15-20(25)22-12-11-17-14-24-13-5-4-6-19(24)23-17/h4-10,13-14H,11-12,15H2,1-3H3,(H,22,25). The van der Waals surface area contributed by atoms with Crippen molar-refractivity contribution >= 4 is 11.6 Å². The Hall–Kier alpha value is -2.82. The number of nitrogens with zero attached hydrogens (tertiary/aromatic N) is 2. The van der Waals surface area contributed by atoms with E-state index in [2.05, 4.69) is 31.1 Å². The molecule has 0 aliphatic carbocycles. The third-order valence-corrected chi connectivity index (χ3v) is 4.21. The largest absolute Gasteiger partial charge is 0.484 e. The van der Waals surface area contributed by atoms with Gasteiger partial charge in [-0.3, -0.25) is 4.79 Å². The maximum Gasteiger partial charge on any atom is 0.257 e. The summed E-state index contributed by atoms with van der Waals surface area (Å²) in [5, 5.41) is 2.87. The summed E-state index contributed by atoms with van der Waals surface area (Å²) in [5.74, 6) is 0.571. The van der Waals surface area contributed by atoms with Gasteiger partial charge in [0.2, 0.25) is 0 Å². The zero-order valence-corrected chi connectivity index (χ0v) is 15.5. The highest BCUT2D eigenvalue weighted by Gasteiger charge is 2.13. The van der Waals surface area contributed by atoms with E-state index in [1.54, 1.807) is 0 Å².